The monoisotopic (exact) mass is 204 g/mol. The zero-order valence-electron chi connectivity index (χ0n) is 7.80. The molecular formula is C10H8N2O3. The quantitative estimate of drug-likeness (QED) is 0.734. The summed E-state index contributed by atoms with van der Waals surface area (Å²) in [5, 5.41) is 15.9. The summed E-state index contributed by atoms with van der Waals surface area (Å²) in [6.07, 6.45) is 7.97. The maximum atomic E-state index is 10.6. The third kappa shape index (κ3) is 1.89. The number of carbonyl (C=O) groups is 1. The molecule has 1 saturated carbocycles. The average Bonchev–Trinajstić information content (AvgIpc) is 2.99. The second-order valence-corrected chi connectivity index (χ2v) is 3.33. The van der Waals surface area contributed by atoms with Crippen molar-refractivity contribution in [3.05, 3.63) is 17.8 Å². The first-order valence-corrected chi connectivity index (χ1v) is 4.38. The van der Waals surface area contributed by atoms with Crippen molar-refractivity contribution < 1.29 is 14.6 Å². The van der Waals surface area contributed by atoms with Gasteiger partial charge >= 0.3 is 5.97 Å². The molecule has 0 radical (unpaired) electrons. The predicted octanol–water partition coefficient (Wildman–Crippen LogP) is 0.719. The Hall–Kier alpha value is -2.09. The van der Waals surface area contributed by atoms with Crippen molar-refractivity contribution in [2.45, 2.75) is 18.4 Å². The molecular weight excluding hydrogens is 196 g/mol. The van der Waals surface area contributed by atoms with Crippen LogP contribution in [0, 0.1) is 12.3 Å². The highest BCUT2D eigenvalue weighted by molar-refractivity contribution is 5.87. The van der Waals surface area contributed by atoms with E-state index in [1.54, 1.807) is 0 Å². The fraction of sp³-hybridized carbons (Fsp3) is 0.300. The molecule has 0 unspecified atom stereocenters. The largest absolute Gasteiger partial charge is 0.478 e. The van der Waals surface area contributed by atoms with Crippen LogP contribution < -0.4 is 4.74 Å². The molecule has 0 aromatic carbocycles. The number of carboxylic acids is 1. The van der Waals surface area contributed by atoms with Crippen LogP contribution in [0.15, 0.2) is 12.3 Å². The second-order valence-electron chi connectivity index (χ2n) is 3.33. The lowest BCUT2D eigenvalue weighted by Gasteiger charge is -2.09. The van der Waals surface area contributed by atoms with E-state index in [0.717, 1.165) is 19.0 Å². The van der Waals surface area contributed by atoms with Gasteiger partial charge in [0.05, 0.1) is 11.8 Å². The van der Waals surface area contributed by atoms with Crippen LogP contribution in [-0.4, -0.2) is 26.9 Å². The minimum atomic E-state index is -1.07. The molecule has 2 rings (SSSR count). The zero-order chi connectivity index (χ0) is 10.9. The van der Waals surface area contributed by atoms with E-state index in [4.69, 9.17) is 16.3 Å². The number of nitrogens with zero attached hydrogens (tertiary/aromatic N) is 2. The van der Waals surface area contributed by atoms with Crippen molar-refractivity contribution >= 4 is 5.97 Å². The summed E-state index contributed by atoms with van der Waals surface area (Å²) in [6, 6.07) is 1.31. The van der Waals surface area contributed by atoms with Gasteiger partial charge in [-0.1, -0.05) is 5.92 Å². The van der Waals surface area contributed by atoms with Crippen molar-refractivity contribution in [2.75, 3.05) is 0 Å². The van der Waals surface area contributed by atoms with Crippen molar-refractivity contribution in [3.63, 3.8) is 0 Å². The third-order valence-corrected chi connectivity index (χ3v) is 2.15. The number of ether oxygens (including phenoxy) is 1. The Bertz CT molecular complexity index is 446. The van der Waals surface area contributed by atoms with Crippen LogP contribution in [0.25, 0.3) is 0 Å². The van der Waals surface area contributed by atoms with E-state index >= 15 is 0 Å². The number of aromatic nitrogens is 2. The summed E-state index contributed by atoms with van der Waals surface area (Å²) >= 11 is 0. The van der Waals surface area contributed by atoms with Gasteiger partial charge in [-0.25, -0.2) is 4.79 Å². The lowest BCUT2D eigenvalue weighted by Crippen LogP contribution is -2.16. The molecule has 76 valence electrons. The molecule has 1 aliphatic carbocycles. The molecule has 0 amide bonds. The Morgan fingerprint density at radius 1 is 1.67 bits per heavy atom. The summed E-state index contributed by atoms with van der Waals surface area (Å²) in [5.41, 5.74) is -0.556. The molecule has 1 fully saturated rings. The topological polar surface area (TPSA) is 72.3 Å². The van der Waals surface area contributed by atoms with E-state index in [2.05, 4.69) is 16.1 Å². The van der Waals surface area contributed by atoms with Gasteiger partial charge in [0, 0.05) is 18.9 Å². The molecule has 0 spiro atoms. The summed E-state index contributed by atoms with van der Waals surface area (Å²) < 4.78 is 5.38. The summed E-state index contributed by atoms with van der Waals surface area (Å²) in [5.74, 6) is 1.60. The maximum absolute atomic E-state index is 10.6. The summed E-state index contributed by atoms with van der Waals surface area (Å²) in [4.78, 5) is 10.6. The van der Waals surface area contributed by atoms with E-state index in [1.165, 1.54) is 6.07 Å². The first kappa shape index (κ1) is 9.46. The van der Waals surface area contributed by atoms with Crippen molar-refractivity contribution in [2.24, 2.45) is 0 Å². The number of hydrogen-bond acceptors (Lipinski definition) is 4. The van der Waals surface area contributed by atoms with Gasteiger partial charge in [-0.3, -0.25) is 0 Å². The van der Waals surface area contributed by atoms with Crippen molar-refractivity contribution in [1.29, 1.82) is 0 Å². The summed E-state index contributed by atoms with van der Waals surface area (Å²) in [6.45, 7) is 0. The highest BCUT2D eigenvalue weighted by Crippen LogP contribution is 2.38. The Labute approximate surface area is 86.1 Å². The van der Waals surface area contributed by atoms with Gasteiger partial charge in [-0.15, -0.1) is 11.5 Å². The highest BCUT2D eigenvalue weighted by atomic mass is 16.5. The number of aromatic carboxylic acids is 1. The molecule has 1 N–H and O–H groups in total. The minimum Gasteiger partial charge on any atom is -0.478 e. The maximum Gasteiger partial charge on any atom is 0.337 e. The molecule has 0 atom stereocenters. The molecule has 1 aromatic rings. The van der Waals surface area contributed by atoms with Crippen LogP contribution in [0.5, 0.6) is 5.88 Å². The Morgan fingerprint density at radius 3 is 2.93 bits per heavy atom. The van der Waals surface area contributed by atoms with E-state index in [-0.39, 0.29) is 11.4 Å². The molecule has 0 bridgehead atoms. The van der Waals surface area contributed by atoms with Gasteiger partial charge in [0.2, 0.25) is 5.88 Å². The van der Waals surface area contributed by atoms with Crippen molar-refractivity contribution in [1.82, 2.24) is 10.2 Å². The minimum absolute atomic E-state index is 0.0350. The highest BCUT2D eigenvalue weighted by Gasteiger charge is 2.44. The van der Waals surface area contributed by atoms with Crippen molar-refractivity contribution in [3.8, 4) is 18.2 Å². The molecule has 0 saturated heterocycles. The molecule has 1 heterocycles. The van der Waals surface area contributed by atoms with Gasteiger partial charge in [0.1, 0.15) is 0 Å². The number of rotatable bonds is 3. The fourth-order valence-corrected chi connectivity index (χ4v) is 1.10. The van der Waals surface area contributed by atoms with Gasteiger partial charge < -0.3 is 9.84 Å². The lowest BCUT2D eigenvalue weighted by molar-refractivity contribution is 0.0695. The zero-order valence-corrected chi connectivity index (χ0v) is 7.80. The van der Waals surface area contributed by atoms with Crippen LogP contribution in [0.1, 0.15) is 23.2 Å². The van der Waals surface area contributed by atoms with Gasteiger partial charge in [0.25, 0.3) is 0 Å². The SMILES string of the molecule is C#CC1(Oc2cc(C(=O)O)cnn2)CC1. The molecule has 5 nitrogen and oxygen atoms in total. The molecule has 0 aliphatic heterocycles. The predicted molar refractivity (Wildman–Crippen MR) is 50.4 cm³/mol. The summed E-state index contributed by atoms with van der Waals surface area (Å²) in [7, 11) is 0. The van der Waals surface area contributed by atoms with Gasteiger partial charge in [0.15, 0.2) is 5.60 Å². The third-order valence-electron chi connectivity index (χ3n) is 2.15. The van der Waals surface area contributed by atoms with Gasteiger partial charge in [-0.2, -0.15) is 5.10 Å². The van der Waals surface area contributed by atoms with Crippen LogP contribution >= 0.6 is 0 Å². The van der Waals surface area contributed by atoms with Crippen LogP contribution in [-0.2, 0) is 0 Å². The molecule has 5 heteroatoms. The normalized spacial score (nSPS) is 16.5. The van der Waals surface area contributed by atoms with Crippen LogP contribution in [0.4, 0.5) is 0 Å². The van der Waals surface area contributed by atoms with E-state index in [9.17, 15) is 4.79 Å². The number of hydrogen-bond donors (Lipinski definition) is 1. The Kier molecular flexibility index (Phi) is 2.05. The number of carboxylic acid groups (broad SMARTS) is 1. The smallest absolute Gasteiger partial charge is 0.337 e. The van der Waals surface area contributed by atoms with E-state index < -0.39 is 11.6 Å². The molecule has 1 aromatic heterocycles. The van der Waals surface area contributed by atoms with E-state index in [0.29, 0.717) is 0 Å². The van der Waals surface area contributed by atoms with Crippen LogP contribution in [0.3, 0.4) is 0 Å². The molecule has 15 heavy (non-hydrogen) atoms. The average molecular weight is 204 g/mol. The second kappa shape index (κ2) is 3.24. The Balaban J connectivity index is 2.19. The first-order chi connectivity index (χ1) is 7.15. The first-order valence-electron chi connectivity index (χ1n) is 4.38. The number of terminal acetylenes is 1. The fourth-order valence-electron chi connectivity index (χ4n) is 1.10. The molecule has 1 aliphatic rings. The Morgan fingerprint density at radius 2 is 2.40 bits per heavy atom. The lowest BCUT2D eigenvalue weighted by atomic mass is 10.3. The standard InChI is InChI=1S/C10H8N2O3/c1-2-10(3-4-10)15-8-5-7(9(13)14)6-11-12-8/h1,5-6H,3-4H2,(H,13,14). The van der Waals surface area contributed by atoms with E-state index in [1.807, 2.05) is 0 Å². The van der Waals surface area contributed by atoms with Gasteiger partial charge in [-0.05, 0) is 0 Å². The van der Waals surface area contributed by atoms with Crippen LogP contribution in [0.2, 0.25) is 0 Å².